The van der Waals surface area contributed by atoms with E-state index in [2.05, 4.69) is 17.6 Å². The summed E-state index contributed by atoms with van der Waals surface area (Å²) in [4.78, 5) is 4.72. The number of nitrogens with one attached hydrogen (secondary N) is 2. The maximum absolute atomic E-state index is 12.2. The number of hydrogen-bond donors (Lipinski definition) is 2. The van der Waals surface area contributed by atoms with E-state index in [-0.39, 0.29) is 5.75 Å². The number of nitrogens with zero attached hydrogens (tertiary/aromatic N) is 1. The molecule has 1 fully saturated rings. The largest absolute Gasteiger partial charge is 0.357 e. The van der Waals surface area contributed by atoms with Crippen molar-refractivity contribution >= 4 is 15.8 Å². The van der Waals surface area contributed by atoms with Gasteiger partial charge >= 0.3 is 0 Å². The third-order valence-corrected chi connectivity index (χ3v) is 7.53. The molecule has 1 aliphatic rings. The van der Waals surface area contributed by atoms with Crippen molar-refractivity contribution in [3.8, 4) is 0 Å². The maximum atomic E-state index is 12.2. The van der Waals surface area contributed by atoms with Crippen molar-refractivity contribution in [3.05, 3.63) is 0 Å². The number of rotatable bonds is 7. The zero-order valence-corrected chi connectivity index (χ0v) is 16.4. The van der Waals surface area contributed by atoms with Gasteiger partial charge in [-0.3, -0.25) is 4.99 Å². The van der Waals surface area contributed by atoms with Crippen LogP contribution in [-0.2, 0) is 9.84 Å². The highest BCUT2D eigenvalue weighted by Crippen LogP contribution is 2.41. The van der Waals surface area contributed by atoms with E-state index in [1.807, 2.05) is 6.92 Å². The van der Waals surface area contributed by atoms with Crippen molar-refractivity contribution in [1.82, 2.24) is 10.6 Å². The summed E-state index contributed by atoms with van der Waals surface area (Å²) in [6.07, 6.45) is 6.28. The van der Waals surface area contributed by atoms with Crippen LogP contribution in [-0.4, -0.2) is 44.5 Å². The van der Waals surface area contributed by atoms with Gasteiger partial charge < -0.3 is 10.6 Å². The molecule has 0 aromatic heterocycles. The quantitative estimate of drug-likeness (QED) is 0.550. The molecule has 1 rings (SSSR count). The lowest BCUT2D eigenvalue weighted by atomic mass is 9.84. The molecule has 0 bridgehead atoms. The fourth-order valence-corrected chi connectivity index (χ4v) is 3.93. The Morgan fingerprint density at radius 2 is 1.74 bits per heavy atom. The molecule has 5 nitrogen and oxygen atoms in total. The maximum Gasteiger partial charge on any atom is 0.191 e. The Bertz CT molecular complexity index is 486. The molecule has 0 aliphatic heterocycles. The molecular formula is C17H35N3O2S. The van der Waals surface area contributed by atoms with Gasteiger partial charge in [0.1, 0.15) is 0 Å². The minimum absolute atomic E-state index is 0.125. The molecular weight excluding hydrogens is 310 g/mol. The molecule has 0 radical (unpaired) electrons. The van der Waals surface area contributed by atoms with Gasteiger partial charge in [-0.1, -0.05) is 19.8 Å². The second-order valence-corrected chi connectivity index (χ2v) is 10.5. The van der Waals surface area contributed by atoms with E-state index >= 15 is 0 Å². The Hall–Kier alpha value is -0.780. The lowest BCUT2D eigenvalue weighted by Gasteiger charge is -2.26. The van der Waals surface area contributed by atoms with Gasteiger partial charge in [-0.05, 0) is 52.4 Å². The molecule has 0 heterocycles. The first-order valence-electron chi connectivity index (χ1n) is 8.90. The van der Waals surface area contributed by atoms with Gasteiger partial charge in [0.25, 0.3) is 0 Å². The van der Waals surface area contributed by atoms with E-state index in [0.717, 1.165) is 25.5 Å². The van der Waals surface area contributed by atoms with Crippen LogP contribution in [0.5, 0.6) is 0 Å². The summed E-state index contributed by atoms with van der Waals surface area (Å²) in [6.45, 7) is 11.5. The monoisotopic (exact) mass is 345 g/mol. The molecule has 0 aromatic rings. The Morgan fingerprint density at radius 1 is 1.13 bits per heavy atom. The average molecular weight is 346 g/mol. The third kappa shape index (κ3) is 5.98. The first kappa shape index (κ1) is 20.3. The lowest BCUT2D eigenvalue weighted by molar-refractivity contribution is 0.297. The molecule has 23 heavy (non-hydrogen) atoms. The number of sulfone groups is 1. The van der Waals surface area contributed by atoms with Crippen LogP contribution in [0.1, 0.15) is 66.7 Å². The fourth-order valence-electron chi connectivity index (χ4n) is 2.95. The van der Waals surface area contributed by atoms with Crippen molar-refractivity contribution in [1.29, 1.82) is 0 Å². The average Bonchev–Trinajstić information content (AvgIpc) is 2.93. The van der Waals surface area contributed by atoms with E-state index in [1.54, 1.807) is 20.8 Å². The molecule has 0 aromatic carbocycles. The first-order valence-corrected chi connectivity index (χ1v) is 10.6. The molecule has 0 atom stereocenters. The van der Waals surface area contributed by atoms with Gasteiger partial charge in [-0.2, -0.15) is 0 Å². The second-order valence-electron chi connectivity index (χ2n) is 7.61. The predicted octanol–water partition coefficient (Wildman–Crippen LogP) is 2.73. The number of aliphatic imine (C=N–C) groups is 1. The molecule has 0 amide bonds. The molecule has 0 spiro atoms. The Labute approximate surface area is 142 Å². The zero-order valence-electron chi connectivity index (χ0n) is 15.5. The van der Waals surface area contributed by atoms with Crippen LogP contribution >= 0.6 is 0 Å². The summed E-state index contributed by atoms with van der Waals surface area (Å²) < 4.78 is 23.6. The van der Waals surface area contributed by atoms with Crippen LogP contribution in [0.3, 0.4) is 0 Å². The highest BCUT2D eigenvalue weighted by Gasteiger charge is 2.32. The number of hydrogen-bond acceptors (Lipinski definition) is 3. The molecule has 0 saturated heterocycles. The Morgan fingerprint density at radius 3 is 2.22 bits per heavy atom. The van der Waals surface area contributed by atoms with E-state index in [0.29, 0.717) is 12.0 Å². The first-order chi connectivity index (χ1) is 10.7. The molecule has 1 aliphatic carbocycles. The summed E-state index contributed by atoms with van der Waals surface area (Å²) in [7, 11) is -3.10. The summed E-state index contributed by atoms with van der Waals surface area (Å²) >= 11 is 0. The Balaban J connectivity index is 2.60. The molecule has 6 heteroatoms. The highest BCUT2D eigenvalue weighted by atomic mass is 32.2. The summed E-state index contributed by atoms with van der Waals surface area (Å²) in [5.41, 5.74) is 0.347. The normalized spacial score (nSPS) is 18.9. The van der Waals surface area contributed by atoms with Gasteiger partial charge in [0.2, 0.25) is 0 Å². The second kappa shape index (κ2) is 8.36. The van der Waals surface area contributed by atoms with Crippen LogP contribution in [0.4, 0.5) is 0 Å². The molecule has 136 valence electrons. The highest BCUT2D eigenvalue weighted by molar-refractivity contribution is 7.92. The topological polar surface area (TPSA) is 70.6 Å². The van der Waals surface area contributed by atoms with Crippen molar-refractivity contribution in [2.45, 2.75) is 71.5 Å². The van der Waals surface area contributed by atoms with Crippen molar-refractivity contribution < 1.29 is 8.42 Å². The third-order valence-electron chi connectivity index (χ3n) is 4.93. The Kier molecular flexibility index (Phi) is 7.36. The summed E-state index contributed by atoms with van der Waals surface area (Å²) in [5.74, 6) is 0.858. The standard InChI is InChI=1S/C17H35N3O2S/c1-6-17(10-8-9-11-17)14-20-15(18-7-2)19-12-13-23(21,22)16(3,4)5/h6-14H2,1-5H3,(H2,18,19,20). The van der Waals surface area contributed by atoms with Gasteiger partial charge in [0, 0.05) is 19.6 Å². The zero-order chi connectivity index (χ0) is 17.6. The van der Waals surface area contributed by atoms with Crippen LogP contribution < -0.4 is 10.6 Å². The summed E-state index contributed by atoms with van der Waals surface area (Å²) in [5, 5.41) is 6.39. The van der Waals surface area contributed by atoms with Crippen LogP contribution in [0, 0.1) is 5.41 Å². The van der Waals surface area contributed by atoms with Crippen LogP contribution in [0.15, 0.2) is 4.99 Å². The van der Waals surface area contributed by atoms with E-state index < -0.39 is 14.6 Å². The van der Waals surface area contributed by atoms with Crippen molar-refractivity contribution in [2.75, 3.05) is 25.4 Å². The number of guanidine groups is 1. The van der Waals surface area contributed by atoms with Crippen LogP contribution in [0.2, 0.25) is 0 Å². The van der Waals surface area contributed by atoms with Gasteiger partial charge in [-0.15, -0.1) is 0 Å². The molecule has 1 saturated carbocycles. The molecule has 0 unspecified atom stereocenters. The van der Waals surface area contributed by atoms with Crippen molar-refractivity contribution in [2.24, 2.45) is 10.4 Å². The minimum atomic E-state index is -3.10. The smallest absolute Gasteiger partial charge is 0.191 e. The van der Waals surface area contributed by atoms with E-state index in [9.17, 15) is 8.42 Å². The SMILES string of the molecule is CCNC(=NCC1(CC)CCCC1)NCCS(=O)(=O)C(C)(C)C. The van der Waals surface area contributed by atoms with E-state index in [1.165, 1.54) is 25.7 Å². The summed E-state index contributed by atoms with van der Waals surface area (Å²) in [6, 6.07) is 0. The van der Waals surface area contributed by atoms with Crippen LogP contribution in [0.25, 0.3) is 0 Å². The van der Waals surface area contributed by atoms with E-state index in [4.69, 9.17) is 4.99 Å². The van der Waals surface area contributed by atoms with Gasteiger partial charge in [-0.25, -0.2) is 8.42 Å². The van der Waals surface area contributed by atoms with Gasteiger partial charge in [0.05, 0.1) is 10.5 Å². The molecule has 2 N–H and O–H groups in total. The fraction of sp³-hybridized carbons (Fsp3) is 0.941. The van der Waals surface area contributed by atoms with Gasteiger partial charge in [0.15, 0.2) is 15.8 Å². The lowest BCUT2D eigenvalue weighted by Crippen LogP contribution is -2.42. The predicted molar refractivity (Wildman–Crippen MR) is 98.7 cm³/mol. The minimum Gasteiger partial charge on any atom is -0.357 e. The van der Waals surface area contributed by atoms with Crippen molar-refractivity contribution in [3.63, 3.8) is 0 Å².